The molecule has 10 nitrogen and oxygen atoms in total. The standard InChI is InChI=1S/C35H57N5O5/c1-37(2)17-7-8-23-41-27-21-39(5)19-10-25-44-32-15-16-33-34(29-32)45-35(36-33)30-11-13-31(14-12-30)43-24-9-18-40(6)22-28-42-26-20-38(3)4/h11-16,29H,7-10,17-28H2,1-6H3. The highest BCUT2D eigenvalue weighted by Gasteiger charge is 2.10. The second-order valence-corrected chi connectivity index (χ2v) is 12.2. The summed E-state index contributed by atoms with van der Waals surface area (Å²) in [5.74, 6) is 2.22. The molecule has 0 aliphatic rings. The van der Waals surface area contributed by atoms with Crippen molar-refractivity contribution in [2.24, 2.45) is 0 Å². The maximum atomic E-state index is 6.08. The van der Waals surface area contributed by atoms with E-state index in [1.54, 1.807) is 0 Å². The van der Waals surface area contributed by atoms with Gasteiger partial charge in [-0.25, -0.2) is 4.98 Å². The van der Waals surface area contributed by atoms with Gasteiger partial charge < -0.3 is 43.0 Å². The molecule has 0 bridgehead atoms. The number of hydrogen-bond donors (Lipinski definition) is 0. The number of benzene rings is 2. The van der Waals surface area contributed by atoms with Gasteiger partial charge in [-0.2, -0.15) is 0 Å². The maximum absolute atomic E-state index is 6.08. The molecular weight excluding hydrogens is 570 g/mol. The Labute approximate surface area is 271 Å². The van der Waals surface area contributed by atoms with Crippen molar-refractivity contribution >= 4 is 11.1 Å². The van der Waals surface area contributed by atoms with E-state index in [2.05, 4.69) is 66.9 Å². The van der Waals surface area contributed by atoms with Crippen LogP contribution < -0.4 is 9.47 Å². The summed E-state index contributed by atoms with van der Waals surface area (Å²) in [6, 6.07) is 13.7. The smallest absolute Gasteiger partial charge is 0.227 e. The average molecular weight is 628 g/mol. The first-order valence-corrected chi connectivity index (χ1v) is 16.4. The summed E-state index contributed by atoms with van der Waals surface area (Å²) < 4.78 is 29.5. The van der Waals surface area contributed by atoms with Gasteiger partial charge in [-0.05, 0) is 111 Å². The Balaban J connectivity index is 1.31. The van der Waals surface area contributed by atoms with Gasteiger partial charge in [-0.3, -0.25) is 0 Å². The molecule has 0 saturated heterocycles. The lowest BCUT2D eigenvalue weighted by Gasteiger charge is -2.17. The van der Waals surface area contributed by atoms with Gasteiger partial charge in [0.1, 0.15) is 17.0 Å². The van der Waals surface area contributed by atoms with Gasteiger partial charge in [-0.1, -0.05) is 0 Å². The molecule has 0 amide bonds. The lowest BCUT2D eigenvalue weighted by atomic mass is 10.2. The maximum Gasteiger partial charge on any atom is 0.227 e. The lowest BCUT2D eigenvalue weighted by molar-refractivity contribution is 0.0974. The molecular formula is C35H57N5O5. The van der Waals surface area contributed by atoms with E-state index in [-0.39, 0.29) is 0 Å². The number of likely N-dealkylation sites (N-methyl/N-ethyl adjacent to an activating group) is 3. The van der Waals surface area contributed by atoms with Crippen molar-refractivity contribution in [3.05, 3.63) is 42.5 Å². The molecule has 0 N–H and O–H groups in total. The van der Waals surface area contributed by atoms with Crippen molar-refractivity contribution in [1.29, 1.82) is 0 Å². The van der Waals surface area contributed by atoms with Crippen LogP contribution in [0.3, 0.4) is 0 Å². The Bertz CT molecular complexity index is 1190. The molecule has 0 aliphatic heterocycles. The van der Waals surface area contributed by atoms with Crippen LogP contribution >= 0.6 is 0 Å². The molecule has 0 radical (unpaired) electrons. The molecule has 0 saturated carbocycles. The number of oxazole rings is 1. The number of unbranched alkanes of at least 4 members (excludes halogenated alkanes) is 1. The Morgan fingerprint density at radius 3 is 1.78 bits per heavy atom. The summed E-state index contributed by atoms with van der Waals surface area (Å²) in [5.41, 5.74) is 2.44. The van der Waals surface area contributed by atoms with Crippen molar-refractivity contribution in [1.82, 2.24) is 24.6 Å². The summed E-state index contributed by atoms with van der Waals surface area (Å²) >= 11 is 0. The highest BCUT2D eigenvalue weighted by molar-refractivity contribution is 5.77. The Morgan fingerprint density at radius 2 is 1.13 bits per heavy atom. The third-order valence-corrected chi connectivity index (χ3v) is 7.43. The molecule has 252 valence electrons. The van der Waals surface area contributed by atoms with Gasteiger partial charge in [-0.15, -0.1) is 0 Å². The van der Waals surface area contributed by atoms with E-state index in [1.807, 2.05) is 42.5 Å². The zero-order chi connectivity index (χ0) is 32.3. The van der Waals surface area contributed by atoms with Crippen LogP contribution in [0, 0.1) is 0 Å². The van der Waals surface area contributed by atoms with Crippen LogP contribution in [0.1, 0.15) is 25.7 Å². The van der Waals surface area contributed by atoms with Gasteiger partial charge in [0.2, 0.25) is 5.89 Å². The lowest BCUT2D eigenvalue weighted by Crippen LogP contribution is -2.26. The van der Waals surface area contributed by atoms with Crippen LogP contribution in [0.5, 0.6) is 11.5 Å². The number of nitrogens with zero attached hydrogens (tertiary/aromatic N) is 5. The topological polar surface area (TPSA) is 75.9 Å². The predicted molar refractivity (Wildman–Crippen MR) is 183 cm³/mol. The molecule has 0 fully saturated rings. The van der Waals surface area contributed by atoms with Gasteiger partial charge in [0, 0.05) is 51.0 Å². The van der Waals surface area contributed by atoms with E-state index in [9.17, 15) is 0 Å². The fourth-order valence-electron chi connectivity index (χ4n) is 4.61. The first-order valence-electron chi connectivity index (χ1n) is 16.4. The first-order chi connectivity index (χ1) is 21.8. The molecule has 1 heterocycles. The van der Waals surface area contributed by atoms with Crippen LogP contribution in [-0.4, -0.2) is 146 Å². The minimum Gasteiger partial charge on any atom is -0.494 e. The van der Waals surface area contributed by atoms with E-state index >= 15 is 0 Å². The first kappa shape index (κ1) is 36.7. The predicted octanol–water partition coefficient (Wildman–Crippen LogP) is 4.83. The van der Waals surface area contributed by atoms with E-state index in [4.69, 9.17) is 23.4 Å². The van der Waals surface area contributed by atoms with Gasteiger partial charge in [0.05, 0.1) is 33.0 Å². The zero-order valence-electron chi connectivity index (χ0n) is 28.6. The Hall–Kier alpha value is -2.73. The highest BCUT2D eigenvalue weighted by atomic mass is 16.5. The molecule has 0 spiro atoms. The van der Waals surface area contributed by atoms with Crippen molar-refractivity contribution < 1.29 is 23.4 Å². The van der Waals surface area contributed by atoms with Gasteiger partial charge in [0.15, 0.2) is 5.58 Å². The van der Waals surface area contributed by atoms with Crippen LogP contribution in [0.4, 0.5) is 0 Å². The van der Waals surface area contributed by atoms with E-state index in [0.29, 0.717) is 19.1 Å². The van der Waals surface area contributed by atoms with Crippen LogP contribution in [0.25, 0.3) is 22.6 Å². The molecule has 3 rings (SSSR count). The van der Waals surface area contributed by atoms with Crippen LogP contribution in [0.15, 0.2) is 46.9 Å². The molecule has 0 atom stereocenters. The Kier molecular flexibility index (Phi) is 17.3. The second kappa shape index (κ2) is 21.1. The highest BCUT2D eigenvalue weighted by Crippen LogP contribution is 2.28. The monoisotopic (exact) mass is 627 g/mol. The molecule has 0 unspecified atom stereocenters. The number of aromatic nitrogens is 1. The van der Waals surface area contributed by atoms with Crippen LogP contribution in [0.2, 0.25) is 0 Å². The third kappa shape index (κ3) is 15.4. The number of fused-ring (bicyclic) bond motifs is 1. The molecule has 3 aromatic rings. The van der Waals surface area contributed by atoms with Crippen molar-refractivity contribution in [2.75, 3.05) is 121 Å². The second-order valence-electron chi connectivity index (χ2n) is 12.2. The summed E-state index contributed by atoms with van der Waals surface area (Å²) in [7, 11) is 12.6. The third-order valence-electron chi connectivity index (χ3n) is 7.43. The number of rotatable bonds is 25. The fourth-order valence-corrected chi connectivity index (χ4v) is 4.61. The largest absolute Gasteiger partial charge is 0.494 e. The fraction of sp³-hybridized carbons (Fsp3) is 0.629. The summed E-state index contributed by atoms with van der Waals surface area (Å²) in [6.07, 6.45) is 4.19. The summed E-state index contributed by atoms with van der Waals surface area (Å²) in [5, 5.41) is 0. The minimum atomic E-state index is 0.588. The molecule has 10 heteroatoms. The van der Waals surface area contributed by atoms with E-state index in [0.717, 1.165) is 113 Å². The van der Waals surface area contributed by atoms with E-state index in [1.165, 1.54) is 6.42 Å². The Morgan fingerprint density at radius 1 is 0.556 bits per heavy atom. The van der Waals surface area contributed by atoms with Crippen molar-refractivity contribution in [3.63, 3.8) is 0 Å². The van der Waals surface area contributed by atoms with Crippen LogP contribution in [-0.2, 0) is 9.47 Å². The van der Waals surface area contributed by atoms with E-state index < -0.39 is 0 Å². The molecule has 0 aliphatic carbocycles. The molecule has 1 aromatic heterocycles. The normalized spacial score (nSPS) is 12.0. The van der Waals surface area contributed by atoms with Crippen molar-refractivity contribution in [3.8, 4) is 23.0 Å². The summed E-state index contributed by atoms with van der Waals surface area (Å²) in [4.78, 5) is 13.6. The quantitative estimate of drug-likeness (QED) is 0.122. The SMILES string of the molecule is CN(C)CCCCOCCN(C)CCCOc1ccc2nc(-c3ccc(OCCCN(C)CCOCCN(C)C)cc3)oc2c1. The summed E-state index contributed by atoms with van der Waals surface area (Å²) in [6.45, 7) is 10.3. The molecule has 2 aromatic carbocycles. The molecule has 45 heavy (non-hydrogen) atoms. The van der Waals surface area contributed by atoms with Crippen molar-refractivity contribution in [2.45, 2.75) is 25.7 Å². The van der Waals surface area contributed by atoms with Gasteiger partial charge >= 0.3 is 0 Å². The number of ether oxygens (including phenoxy) is 4. The number of hydrogen-bond acceptors (Lipinski definition) is 10. The zero-order valence-corrected chi connectivity index (χ0v) is 28.6. The average Bonchev–Trinajstić information content (AvgIpc) is 3.44. The minimum absolute atomic E-state index is 0.588. The van der Waals surface area contributed by atoms with Gasteiger partial charge in [0.25, 0.3) is 0 Å².